The van der Waals surface area contributed by atoms with E-state index in [0.717, 1.165) is 21.5 Å². The quantitative estimate of drug-likeness (QED) is 0.690. The molecule has 0 aliphatic rings. The number of hydrogen-bond donors (Lipinski definition) is 1. The monoisotopic (exact) mass is 410 g/mol. The van der Waals surface area contributed by atoms with E-state index in [-0.39, 0.29) is 0 Å². The van der Waals surface area contributed by atoms with Gasteiger partial charge in [0.25, 0.3) is 0 Å². The summed E-state index contributed by atoms with van der Waals surface area (Å²) in [6, 6.07) is 4.31. The Hall–Kier alpha value is -1.64. The summed E-state index contributed by atoms with van der Waals surface area (Å²) >= 11 is 5.00. The molecule has 0 aliphatic carbocycles. The lowest BCUT2D eigenvalue weighted by molar-refractivity contribution is 0.199. The second-order valence-corrected chi connectivity index (χ2v) is 7.02. The lowest BCUT2D eigenvalue weighted by Gasteiger charge is -2.12. The molecule has 0 saturated carbocycles. The number of rotatable bonds is 5. The molecular weight excluding hydrogens is 395 g/mol. The third-order valence-electron chi connectivity index (χ3n) is 3.71. The summed E-state index contributed by atoms with van der Waals surface area (Å²) in [6.07, 6.45) is 1.51. The van der Waals surface area contributed by atoms with Crippen molar-refractivity contribution in [1.82, 2.24) is 19.1 Å². The van der Waals surface area contributed by atoms with E-state index in [0.29, 0.717) is 23.5 Å². The van der Waals surface area contributed by atoms with Crippen LogP contribution in [-0.4, -0.2) is 24.2 Å². The predicted octanol–water partition coefficient (Wildman–Crippen LogP) is 3.97. The summed E-state index contributed by atoms with van der Waals surface area (Å²) in [4.78, 5) is 5.34. The van der Waals surface area contributed by atoms with Crippen molar-refractivity contribution in [2.75, 3.05) is 0 Å². The zero-order chi connectivity index (χ0) is 17.3. The first-order chi connectivity index (χ1) is 11.5. The molecule has 3 rings (SSSR count). The molecule has 2 heterocycles. The highest BCUT2D eigenvalue weighted by Crippen LogP contribution is 2.30. The maximum absolute atomic E-state index is 13.5. The van der Waals surface area contributed by atoms with E-state index in [9.17, 15) is 9.50 Å². The van der Waals surface area contributed by atoms with Gasteiger partial charge < -0.3 is 5.11 Å². The van der Waals surface area contributed by atoms with E-state index in [1.807, 2.05) is 0 Å². The van der Waals surface area contributed by atoms with Gasteiger partial charge in [0.2, 0.25) is 0 Å². The molecule has 126 valence electrons. The van der Waals surface area contributed by atoms with Gasteiger partial charge in [0.15, 0.2) is 5.82 Å². The number of aliphatic hydroxyl groups is 1. The normalized spacial score (nSPS) is 12.5. The van der Waals surface area contributed by atoms with Gasteiger partial charge >= 0.3 is 0 Å². The van der Waals surface area contributed by atoms with Crippen LogP contribution in [0.5, 0.6) is 0 Å². The van der Waals surface area contributed by atoms with Crippen LogP contribution in [0.15, 0.2) is 29.0 Å². The lowest BCUT2D eigenvalue weighted by atomic mass is 10.0. The Labute approximate surface area is 151 Å². The van der Waals surface area contributed by atoms with Gasteiger partial charge in [-0.25, -0.2) is 14.1 Å². The highest BCUT2D eigenvalue weighted by atomic mass is 79.9. The molecule has 1 atom stereocenters. The predicted molar refractivity (Wildman–Crippen MR) is 94.3 cm³/mol. The molecule has 0 fully saturated rings. The third kappa shape index (κ3) is 3.26. The van der Waals surface area contributed by atoms with E-state index >= 15 is 0 Å². The summed E-state index contributed by atoms with van der Waals surface area (Å²) in [5, 5.41) is 14.2. The number of nitrogens with zero attached hydrogens (tertiary/aromatic N) is 4. The maximum atomic E-state index is 13.5. The lowest BCUT2D eigenvalue weighted by Crippen LogP contribution is -2.06. The van der Waals surface area contributed by atoms with E-state index < -0.39 is 11.9 Å². The highest BCUT2D eigenvalue weighted by molar-refractivity contribution is 9.10. The number of aromatic nitrogens is 4. The Kier molecular flexibility index (Phi) is 5.07. The second-order valence-electron chi connectivity index (χ2n) is 5.37. The van der Waals surface area contributed by atoms with E-state index in [2.05, 4.69) is 37.3 Å². The molecule has 2 aromatic heterocycles. The van der Waals surface area contributed by atoms with Gasteiger partial charge in [0.1, 0.15) is 12.1 Å². The minimum atomic E-state index is -0.803. The molecule has 0 saturated heterocycles. The molecular formula is C16H16BrFN4OS. The van der Waals surface area contributed by atoms with Crippen LogP contribution in [0.4, 0.5) is 4.39 Å². The fourth-order valence-electron chi connectivity index (χ4n) is 2.48. The fourth-order valence-corrected chi connectivity index (χ4v) is 4.12. The van der Waals surface area contributed by atoms with Crippen LogP contribution in [0, 0.1) is 5.82 Å². The average molecular weight is 411 g/mol. The number of aryl methyl sites for hydroxylation is 1. The molecule has 24 heavy (non-hydrogen) atoms. The smallest absolute Gasteiger partial charge is 0.158 e. The van der Waals surface area contributed by atoms with Gasteiger partial charge in [-0.1, -0.05) is 6.92 Å². The molecule has 1 unspecified atom stereocenters. The van der Waals surface area contributed by atoms with Crippen molar-refractivity contribution in [2.24, 2.45) is 0 Å². The van der Waals surface area contributed by atoms with Crippen LogP contribution in [0.25, 0.3) is 11.4 Å². The molecule has 1 aromatic carbocycles. The third-order valence-corrected chi connectivity index (χ3v) is 5.78. The fraction of sp³-hybridized carbons (Fsp3) is 0.312. The Morgan fingerprint density at radius 1 is 1.42 bits per heavy atom. The summed E-state index contributed by atoms with van der Waals surface area (Å²) in [5.41, 5.74) is 2.17. The van der Waals surface area contributed by atoms with Gasteiger partial charge in [0.05, 0.1) is 27.7 Å². The van der Waals surface area contributed by atoms with Crippen LogP contribution in [0.1, 0.15) is 36.1 Å². The molecule has 8 heteroatoms. The van der Waals surface area contributed by atoms with Crippen molar-refractivity contribution in [1.29, 1.82) is 0 Å². The van der Waals surface area contributed by atoms with Crippen molar-refractivity contribution in [3.05, 3.63) is 51.0 Å². The van der Waals surface area contributed by atoms with Crippen molar-refractivity contribution in [3.63, 3.8) is 0 Å². The molecule has 1 N–H and O–H groups in total. The highest BCUT2D eigenvalue weighted by Gasteiger charge is 2.18. The molecule has 0 spiro atoms. The molecule has 0 amide bonds. The van der Waals surface area contributed by atoms with E-state index in [1.165, 1.54) is 30.0 Å². The van der Waals surface area contributed by atoms with Crippen LogP contribution in [0.3, 0.4) is 0 Å². The molecule has 0 radical (unpaired) electrons. The molecule has 5 nitrogen and oxygen atoms in total. The second kappa shape index (κ2) is 7.08. The van der Waals surface area contributed by atoms with Crippen LogP contribution in [0.2, 0.25) is 0 Å². The average Bonchev–Trinajstić information content (AvgIpc) is 3.15. The van der Waals surface area contributed by atoms with Gasteiger partial charge in [0, 0.05) is 5.56 Å². The minimum Gasteiger partial charge on any atom is -0.389 e. The largest absolute Gasteiger partial charge is 0.389 e. The number of aliphatic hydroxyl groups excluding tert-OH is 1. The Bertz CT molecular complexity index is 862. The molecule has 0 aliphatic heterocycles. The number of benzene rings is 1. The minimum absolute atomic E-state index is 0.390. The Morgan fingerprint density at radius 3 is 2.88 bits per heavy atom. The van der Waals surface area contributed by atoms with Crippen molar-refractivity contribution < 1.29 is 9.50 Å². The van der Waals surface area contributed by atoms with Crippen LogP contribution in [-0.2, 0) is 13.0 Å². The zero-order valence-corrected chi connectivity index (χ0v) is 15.6. The Morgan fingerprint density at radius 2 is 2.21 bits per heavy atom. The van der Waals surface area contributed by atoms with Crippen LogP contribution >= 0.6 is 27.5 Å². The summed E-state index contributed by atoms with van der Waals surface area (Å²) in [7, 11) is 0. The first-order valence-corrected chi connectivity index (χ1v) is 9.06. The summed E-state index contributed by atoms with van der Waals surface area (Å²) < 4.78 is 20.7. The summed E-state index contributed by atoms with van der Waals surface area (Å²) in [5.74, 6) is 0.197. The van der Waals surface area contributed by atoms with Crippen LogP contribution < -0.4 is 0 Å². The van der Waals surface area contributed by atoms with Crippen molar-refractivity contribution in [3.8, 4) is 11.4 Å². The van der Waals surface area contributed by atoms with Gasteiger partial charge in [-0.05, 0) is 64.6 Å². The molecule has 0 bridgehead atoms. The van der Waals surface area contributed by atoms with Gasteiger partial charge in [-0.15, -0.1) is 0 Å². The van der Waals surface area contributed by atoms with Crippen molar-refractivity contribution >= 4 is 27.5 Å². The first-order valence-electron chi connectivity index (χ1n) is 7.49. The number of halogens is 2. The van der Waals surface area contributed by atoms with E-state index in [1.54, 1.807) is 17.7 Å². The van der Waals surface area contributed by atoms with Gasteiger partial charge in [-0.3, -0.25) is 0 Å². The zero-order valence-electron chi connectivity index (χ0n) is 13.2. The first kappa shape index (κ1) is 17.2. The number of hydrogen-bond acceptors (Lipinski definition) is 5. The SMILES string of the molecule is CCc1nsc(Cn2ncnc2-c2ccc(F)cc2C(C)O)c1Br. The topological polar surface area (TPSA) is 63.8 Å². The van der Waals surface area contributed by atoms with Gasteiger partial charge in [-0.2, -0.15) is 9.47 Å². The molecule has 3 aromatic rings. The maximum Gasteiger partial charge on any atom is 0.158 e. The Balaban J connectivity index is 2.01. The summed E-state index contributed by atoms with van der Waals surface area (Å²) in [6.45, 7) is 4.16. The van der Waals surface area contributed by atoms with E-state index in [4.69, 9.17) is 0 Å². The van der Waals surface area contributed by atoms with Crippen molar-refractivity contribution in [2.45, 2.75) is 32.9 Å². The standard InChI is InChI=1S/C16H16BrFN4OS/c1-3-13-15(17)14(24-21-13)7-22-16(19-8-20-22)11-5-4-10(18)6-12(11)9(2)23/h4-6,8-9,23H,3,7H2,1-2H3.